The van der Waals surface area contributed by atoms with Gasteiger partial charge in [-0.25, -0.2) is 0 Å². The summed E-state index contributed by atoms with van der Waals surface area (Å²) in [7, 11) is 0. The summed E-state index contributed by atoms with van der Waals surface area (Å²) in [6.45, 7) is 7.63. The van der Waals surface area contributed by atoms with E-state index >= 15 is 0 Å². The molecule has 2 rings (SSSR count). The number of pyridine rings is 1. The molecule has 2 heterocycles. The second-order valence-electron chi connectivity index (χ2n) is 5.68. The van der Waals surface area contributed by atoms with Crippen molar-refractivity contribution in [2.45, 2.75) is 43.6 Å². The van der Waals surface area contributed by atoms with Crippen LogP contribution in [0.5, 0.6) is 0 Å². The van der Waals surface area contributed by atoms with Gasteiger partial charge in [-0.1, -0.05) is 35.0 Å². The second kappa shape index (κ2) is 6.02. The van der Waals surface area contributed by atoms with Crippen molar-refractivity contribution in [2.75, 3.05) is 0 Å². The first-order chi connectivity index (χ1) is 9.67. The molecule has 0 unspecified atom stereocenters. The van der Waals surface area contributed by atoms with Gasteiger partial charge in [0.05, 0.1) is 15.3 Å². The van der Waals surface area contributed by atoms with Gasteiger partial charge in [-0.3, -0.25) is 9.20 Å². The van der Waals surface area contributed by atoms with E-state index in [1.165, 1.54) is 11.8 Å². The fourth-order valence-electron chi connectivity index (χ4n) is 1.67. The maximum absolute atomic E-state index is 12.1. The van der Waals surface area contributed by atoms with E-state index in [1.807, 2.05) is 27.7 Å². The predicted molar refractivity (Wildman–Crippen MR) is 86.2 cm³/mol. The van der Waals surface area contributed by atoms with E-state index in [4.69, 9.17) is 23.2 Å². The van der Waals surface area contributed by atoms with Crippen LogP contribution < -0.4 is 5.32 Å². The molecule has 1 amide bonds. The summed E-state index contributed by atoms with van der Waals surface area (Å²) >= 11 is 13.4. The summed E-state index contributed by atoms with van der Waals surface area (Å²) in [6, 6.07) is 1.61. The number of nitrogens with zero attached hydrogens (tertiary/aromatic N) is 3. The van der Waals surface area contributed by atoms with Crippen LogP contribution in [0.25, 0.3) is 5.65 Å². The number of amides is 1. The number of halogens is 2. The van der Waals surface area contributed by atoms with Crippen molar-refractivity contribution >= 4 is 46.5 Å². The van der Waals surface area contributed by atoms with Gasteiger partial charge < -0.3 is 5.32 Å². The lowest BCUT2D eigenvalue weighted by atomic mass is 10.1. The van der Waals surface area contributed by atoms with Crippen LogP contribution in [0.4, 0.5) is 0 Å². The monoisotopic (exact) mass is 346 g/mol. The number of aromatic nitrogens is 3. The van der Waals surface area contributed by atoms with Crippen molar-refractivity contribution in [3.8, 4) is 0 Å². The van der Waals surface area contributed by atoms with Gasteiger partial charge in [0.1, 0.15) is 0 Å². The molecular weight excluding hydrogens is 331 g/mol. The van der Waals surface area contributed by atoms with Crippen LogP contribution in [0.3, 0.4) is 0 Å². The van der Waals surface area contributed by atoms with Crippen LogP contribution in [0.15, 0.2) is 17.4 Å². The van der Waals surface area contributed by atoms with Gasteiger partial charge >= 0.3 is 0 Å². The molecule has 0 aliphatic heterocycles. The zero-order valence-electron chi connectivity index (χ0n) is 12.1. The summed E-state index contributed by atoms with van der Waals surface area (Å²) in [4.78, 5) is 12.1. The SMILES string of the molecule is C[C@@H](Sc1nnc2c(Cl)cc(Cl)cn12)C(=O)NC(C)(C)C. The van der Waals surface area contributed by atoms with Gasteiger partial charge in [0, 0.05) is 11.7 Å². The van der Waals surface area contributed by atoms with E-state index in [0.717, 1.165) is 0 Å². The van der Waals surface area contributed by atoms with E-state index < -0.39 is 0 Å². The van der Waals surface area contributed by atoms with E-state index in [-0.39, 0.29) is 16.7 Å². The molecule has 1 atom stereocenters. The number of nitrogens with one attached hydrogen (secondary N) is 1. The minimum Gasteiger partial charge on any atom is -0.351 e. The van der Waals surface area contributed by atoms with Crippen LogP contribution in [0, 0.1) is 0 Å². The molecule has 1 N–H and O–H groups in total. The summed E-state index contributed by atoms with van der Waals surface area (Å²) in [5, 5.41) is 12.2. The number of carbonyl (C=O) groups is 1. The van der Waals surface area contributed by atoms with E-state index in [9.17, 15) is 4.79 Å². The molecule has 0 bridgehead atoms. The highest BCUT2D eigenvalue weighted by atomic mass is 35.5. The van der Waals surface area contributed by atoms with Crippen LogP contribution in [-0.2, 0) is 4.79 Å². The third kappa shape index (κ3) is 4.02. The van der Waals surface area contributed by atoms with Crippen molar-refractivity contribution in [1.29, 1.82) is 0 Å². The van der Waals surface area contributed by atoms with Crippen molar-refractivity contribution in [3.63, 3.8) is 0 Å². The van der Waals surface area contributed by atoms with Crippen molar-refractivity contribution in [1.82, 2.24) is 19.9 Å². The lowest BCUT2D eigenvalue weighted by Gasteiger charge is -2.22. The number of rotatable bonds is 3. The third-order valence-corrected chi connectivity index (χ3v) is 4.09. The number of fused-ring (bicyclic) bond motifs is 1. The first-order valence-electron chi connectivity index (χ1n) is 6.36. The third-order valence-electron chi connectivity index (χ3n) is 2.54. The fraction of sp³-hybridized carbons (Fsp3) is 0.462. The Balaban J connectivity index is 2.22. The van der Waals surface area contributed by atoms with Crippen LogP contribution in [0.2, 0.25) is 10.0 Å². The molecular formula is C13H16Cl2N4OS. The Morgan fingerprint density at radius 2 is 2.05 bits per heavy atom. The zero-order chi connectivity index (χ0) is 15.8. The minimum atomic E-state index is -0.311. The molecule has 0 saturated heterocycles. The fourth-order valence-corrected chi connectivity index (χ4v) is 3.00. The highest BCUT2D eigenvalue weighted by molar-refractivity contribution is 8.00. The molecule has 21 heavy (non-hydrogen) atoms. The highest BCUT2D eigenvalue weighted by Crippen LogP contribution is 2.27. The van der Waals surface area contributed by atoms with E-state index in [0.29, 0.717) is 20.8 Å². The first kappa shape index (κ1) is 16.4. The molecule has 0 aliphatic carbocycles. The molecule has 8 heteroatoms. The van der Waals surface area contributed by atoms with Gasteiger partial charge in [-0.15, -0.1) is 10.2 Å². The molecule has 0 saturated carbocycles. The Labute approximate surface area is 137 Å². The van der Waals surface area contributed by atoms with Gasteiger partial charge in [-0.2, -0.15) is 0 Å². The predicted octanol–water partition coefficient (Wildman–Crippen LogP) is 3.43. The maximum Gasteiger partial charge on any atom is 0.233 e. The average molecular weight is 347 g/mol. The van der Waals surface area contributed by atoms with Crippen molar-refractivity contribution in [3.05, 3.63) is 22.3 Å². The zero-order valence-corrected chi connectivity index (χ0v) is 14.5. The Morgan fingerprint density at radius 1 is 1.38 bits per heavy atom. The van der Waals surface area contributed by atoms with E-state index in [1.54, 1.807) is 16.7 Å². The maximum atomic E-state index is 12.1. The smallest absolute Gasteiger partial charge is 0.233 e. The second-order valence-corrected chi connectivity index (χ2v) is 7.83. The Kier molecular flexibility index (Phi) is 4.70. The molecule has 114 valence electrons. The average Bonchev–Trinajstić information content (AvgIpc) is 2.70. The minimum absolute atomic E-state index is 0.0580. The van der Waals surface area contributed by atoms with Crippen LogP contribution in [0.1, 0.15) is 27.7 Å². The number of thioether (sulfide) groups is 1. The first-order valence-corrected chi connectivity index (χ1v) is 7.99. The lowest BCUT2D eigenvalue weighted by Crippen LogP contribution is -2.44. The van der Waals surface area contributed by atoms with Gasteiger partial charge in [0.2, 0.25) is 5.91 Å². The number of hydrogen-bond donors (Lipinski definition) is 1. The number of carbonyl (C=O) groups excluding carboxylic acids is 1. The van der Waals surface area contributed by atoms with Gasteiger partial charge in [0.25, 0.3) is 0 Å². The molecule has 0 aromatic carbocycles. The van der Waals surface area contributed by atoms with Crippen LogP contribution >= 0.6 is 35.0 Å². The topological polar surface area (TPSA) is 59.3 Å². The van der Waals surface area contributed by atoms with Crippen molar-refractivity contribution < 1.29 is 4.79 Å². The molecule has 2 aromatic rings. The van der Waals surface area contributed by atoms with Gasteiger partial charge in [-0.05, 0) is 33.8 Å². The quantitative estimate of drug-likeness (QED) is 0.865. The standard InChI is InChI=1S/C13H16Cl2N4OS/c1-7(11(20)16-13(2,3)4)21-12-18-17-10-9(15)5-8(14)6-19(10)12/h5-7H,1-4H3,(H,16,20)/t7-/m1/s1. The summed E-state index contributed by atoms with van der Waals surface area (Å²) < 4.78 is 1.69. The largest absolute Gasteiger partial charge is 0.351 e. The summed E-state index contributed by atoms with van der Waals surface area (Å²) in [6.07, 6.45) is 1.68. The molecule has 0 fully saturated rings. The Morgan fingerprint density at radius 3 is 2.67 bits per heavy atom. The molecule has 0 aliphatic rings. The Bertz CT molecular complexity index is 681. The lowest BCUT2D eigenvalue weighted by molar-refractivity contribution is -0.121. The molecule has 0 radical (unpaired) electrons. The molecule has 5 nitrogen and oxygen atoms in total. The van der Waals surface area contributed by atoms with E-state index in [2.05, 4.69) is 15.5 Å². The van der Waals surface area contributed by atoms with Crippen molar-refractivity contribution in [2.24, 2.45) is 0 Å². The number of hydrogen-bond acceptors (Lipinski definition) is 4. The normalized spacial score (nSPS) is 13.4. The summed E-state index contributed by atoms with van der Waals surface area (Å²) in [5.74, 6) is -0.0580. The highest BCUT2D eigenvalue weighted by Gasteiger charge is 2.22. The molecule has 2 aromatic heterocycles. The molecule has 0 spiro atoms. The van der Waals surface area contributed by atoms with Gasteiger partial charge in [0.15, 0.2) is 10.8 Å². The van der Waals surface area contributed by atoms with Crippen LogP contribution in [-0.4, -0.2) is 31.3 Å². The summed E-state index contributed by atoms with van der Waals surface area (Å²) in [5.41, 5.74) is 0.248. The Hall–Kier alpha value is -0.980.